The minimum Gasteiger partial charge on any atom is -0.497 e. The van der Waals surface area contributed by atoms with Gasteiger partial charge in [-0.15, -0.1) is 11.3 Å². The van der Waals surface area contributed by atoms with E-state index < -0.39 is 20.7 Å². The Balaban J connectivity index is 1.51. The molecule has 174 valence electrons. The number of rotatable bonds is 8. The molecule has 0 radical (unpaired) electrons. The van der Waals surface area contributed by atoms with Gasteiger partial charge < -0.3 is 14.8 Å². The molecule has 3 aromatic rings. The molecule has 11 heteroatoms. The van der Waals surface area contributed by atoms with E-state index in [0.717, 1.165) is 42.0 Å². The number of hydrogen-bond donors (Lipinski definition) is 2. The van der Waals surface area contributed by atoms with Gasteiger partial charge >= 0.3 is 0 Å². The van der Waals surface area contributed by atoms with Gasteiger partial charge in [0, 0.05) is 11.4 Å². The maximum Gasteiger partial charge on any atom is 0.266 e. The average molecular weight is 510 g/mol. The Morgan fingerprint density at radius 1 is 1.33 bits per heavy atom. The molecule has 1 aromatic heterocycles. The lowest BCUT2D eigenvalue weighted by Gasteiger charge is -2.26. The third-order valence-electron chi connectivity index (χ3n) is 5.03. The quantitative estimate of drug-likeness (QED) is 0.462. The van der Waals surface area contributed by atoms with Gasteiger partial charge in [-0.3, -0.25) is 4.72 Å². The lowest BCUT2D eigenvalue weighted by molar-refractivity contribution is 0.287. The lowest BCUT2D eigenvalue weighted by atomic mass is 9.95. The molecule has 2 heterocycles. The van der Waals surface area contributed by atoms with Crippen molar-refractivity contribution in [3.8, 4) is 11.5 Å². The summed E-state index contributed by atoms with van der Waals surface area (Å²) in [5.74, 6) is -0.0701. The maximum absolute atomic E-state index is 14.7. The van der Waals surface area contributed by atoms with Crippen LogP contribution >= 0.6 is 22.9 Å². The van der Waals surface area contributed by atoms with Gasteiger partial charge in [0.2, 0.25) is 0 Å². The summed E-state index contributed by atoms with van der Waals surface area (Å²) in [4.78, 5) is 3.27. The zero-order chi connectivity index (χ0) is 23.4. The Kier molecular flexibility index (Phi) is 7.18. The number of anilines is 1. The first-order valence-corrected chi connectivity index (χ1v) is 12.8. The predicted molar refractivity (Wildman–Crippen MR) is 127 cm³/mol. The fourth-order valence-electron chi connectivity index (χ4n) is 3.46. The molecule has 1 aliphatic heterocycles. The largest absolute Gasteiger partial charge is 0.497 e. The van der Waals surface area contributed by atoms with Crippen molar-refractivity contribution in [1.82, 2.24) is 10.3 Å². The third kappa shape index (κ3) is 5.47. The van der Waals surface area contributed by atoms with E-state index in [1.54, 1.807) is 7.11 Å². The zero-order valence-electron chi connectivity index (χ0n) is 17.5. The molecule has 2 N–H and O–H groups in total. The van der Waals surface area contributed by atoms with Gasteiger partial charge in [0.25, 0.3) is 10.0 Å². The molecule has 0 amide bonds. The van der Waals surface area contributed by atoms with Crippen LogP contribution in [0.4, 0.5) is 10.2 Å². The van der Waals surface area contributed by atoms with Crippen molar-refractivity contribution < 1.29 is 22.3 Å². The number of sulfonamides is 1. The summed E-state index contributed by atoms with van der Waals surface area (Å²) in [5.41, 5.74) is 3.48. The van der Waals surface area contributed by atoms with Gasteiger partial charge in [0.1, 0.15) is 28.8 Å². The van der Waals surface area contributed by atoms with E-state index in [-0.39, 0.29) is 29.2 Å². The Hall–Kier alpha value is -2.66. The van der Waals surface area contributed by atoms with Crippen LogP contribution in [0.3, 0.4) is 0 Å². The third-order valence-corrected chi connectivity index (χ3v) is 7.28. The Morgan fingerprint density at radius 2 is 2.18 bits per heavy atom. The SMILES string of the molecule is COc1cccc(C2=CCCNC2COc2cc(F)c(S(=O)(=O)Nc3cscn3)cc2Cl)c1. The fourth-order valence-corrected chi connectivity index (χ4v) is 5.39. The molecule has 0 saturated heterocycles. The lowest BCUT2D eigenvalue weighted by Crippen LogP contribution is -2.38. The molecule has 1 atom stereocenters. The number of halogens is 2. The van der Waals surface area contributed by atoms with Gasteiger partial charge in [-0.2, -0.15) is 0 Å². The van der Waals surface area contributed by atoms with Crippen LogP contribution in [0.1, 0.15) is 12.0 Å². The van der Waals surface area contributed by atoms with Gasteiger partial charge in [-0.05, 0) is 42.3 Å². The van der Waals surface area contributed by atoms with Gasteiger partial charge in [0.05, 0.1) is 23.7 Å². The number of methoxy groups -OCH3 is 1. The Bertz CT molecular complexity index is 1270. The average Bonchev–Trinajstić information content (AvgIpc) is 3.31. The molecule has 4 rings (SSSR count). The van der Waals surface area contributed by atoms with Crippen LogP contribution in [0.25, 0.3) is 5.57 Å². The highest BCUT2D eigenvalue weighted by Gasteiger charge is 2.24. The number of ether oxygens (including phenoxy) is 2. The topological polar surface area (TPSA) is 89.5 Å². The first kappa shape index (κ1) is 23.5. The number of nitrogens with one attached hydrogen (secondary N) is 2. The molecule has 0 aliphatic carbocycles. The molecular formula is C22H21ClFN3O4S2. The van der Waals surface area contributed by atoms with Crippen LogP contribution in [0.2, 0.25) is 5.02 Å². The van der Waals surface area contributed by atoms with Crippen molar-refractivity contribution in [3.05, 3.63) is 69.8 Å². The van der Waals surface area contributed by atoms with Crippen LogP contribution in [-0.4, -0.2) is 39.7 Å². The zero-order valence-corrected chi connectivity index (χ0v) is 19.9. The van der Waals surface area contributed by atoms with Crippen molar-refractivity contribution in [2.24, 2.45) is 0 Å². The van der Waals surface area contributed by atoms with Gasteiger partial charge in [-0.1, -0.05) is 29.8 Å². The first-order valence-electron chi connectivity index (χ1n) is 9.98. The highest BCUT2D eigenvalue weighted by atomic mass is 35.5. The number of benzene rings is 2. The number of nitrogens with zero attached hydrogens (tertiary/aromatic N) is 1. The molecular weight excluding hydrogens is 489 g/mol. The standard InChI is InChI=1S/C22H21ClFN3O4S2/c1-30-15-5-2-4-14(8-15)16-6-3-7-25-19(16)11-31-20-10-18(24)21(9-17(20)23)33(28,29)27-22-12-32-13-26-22/h2,4-6,8-10,12-13,19,25,27H,3,7,11H2,1H3. The van der Waals surface area contributed by atoms with Gasteiger partial charge in [-0.25, -0.2) is 17.8 Å². The second-order valence-corrected chi connectivity index (χ2v) is 9.97. The first-order chi connectivity index (χ1) is 15.9. The molecule has 7 nitrogen and oxygen atoms in total. The van der Waals surface area contributed by atoms with E-state index in [9.17, 15) is 12.8 Å². The number of thiazole rings is 1. The van der Waals surface area contributed by atoms with Crippen molar-refractivity contribution in [3.63, 3.8) is 0 Å². The molecule has 33 heavy (non-hydrogen) atoms. The molecule has 2 aromatic carbocycles. The molecule has 1 aliphatic rings. The number of aromatic nitrogens is 1. The van der Waals surface area contributed by atoms with Crippen LogP contribution < -0.4 is 19.5 Å². The van der Waals surface area contributed by atoms with Crippen molar-refractivity contribution in [2.45, 2.75) is 17.4 Å². The van der Waals surface area contributed by atoms with Crippen LogP contribution in [0, 0.1) is 5.82 Å². The smallest absolute Gasteiger partial charge is 0.266 e. The summed E-state index contributed by atoms with van der Waals surface area (Å²) >= 11 is 7.46. The second kappa shape index (κ2) is 10.1. The van der Waals surface area contributed by atoms with E-state index in [2.05, 4.69) is 21.1 Å². The van der Waals surface area contributed by atoms with Crippen molar-refractivity contribution in [1.29, 1.82) is 0 Å². The summed E-state index contributed by atoms with van der Waals surface area (Å²) in [6, 6.07) is 9.55. The summed E-state index contributed by atoms with van der Waals surface area (Å²) in [6.07, 6.45) is 2.98. The van der Waals surface area contributed by atoms with E-state index in [1.807, 2.05) is 24.3 Å². The molecule has 1 unspecified atom stereocenters. The monoisotopic (exact) mass is 509 g/mol. The normalized spacial score (nSPS) is 16.2. The van der Waals surface area contributed by atoms with E-state index in [1.165, 1.54) is 22.2 Å². The van der Waals surface area contributed by atoms with E-state index >= 15 is 0 Å². The van der Waals surface area contributed by atoms with E-state index in [0.29, 0.717) is 0 Å². The fraction of sp³-hybridized carbons (Fsp3) is 0.227. The minimum atomic E-state index is -4.19. The Morgan fingerprint density at radius 3 is 2.94 bits per heavy atom. The summed E-state index contributed by atoms with van der Waals surface area (Å²) in [5, 5.41) is 4.87. The highest BCUT2D eigenvalue weighted by Crippen LogP contribution is 2.32. The van der Waals surface area contributed by atoms with Crippen LogP contribution in [0.5, 0.6) is 11.5 Å². The summed E-state index contributed by atoms with van der Waals surface area (Å²) < 4.78 is 53.1. The predicted octanol–water partition coefficient (Wildman–Crippen LogP) is 4.57. The van der Waals surface area contributed by atoms with Crippen molar-refractivity contribution in [2.75, 3.05) is 25.0 Å². The van der Waals surface area contributed by atoms with E-state index in [4.69, 9.17) is 21.1 Å². The van der Waals surface area contributed by atoms with Gasteiger partial charge in [0.15, 0.2) is 5.82 Å². The summed E-state index contributed by atoms with van der Waals surface area (Å²) in [7, 11) is -2.58. The van der Waals surface area contributed by atoms with Crippen molar-refractivity contribution >= 4 is 44.4 Å². The number of hydrogen-bond acceptors (Lipinski definition) is 7. The maximum atomic E-state index is 14.7. The minimum absolute atomic E-state index is 0.0160. The molecule has 0 fully saturated rings. The Labute approximate surface area is 200 Å². The summed E-state index contributed by atoms with van der Waals surface area (Å²) in [6.45, 7) is 0.939. The van der Waals surface area contributed by atoms with Crippen LogP contribution in [0.15, 0.2) is 58.3 Å². The highest BCUT2D eigenvalue weighted by molar-refractivity contribution is 7.92. The molecule has 0 spiro atoms. The second-order valence-electron chi connectivity index (χ2n) is 7.19. The molecule has 0 saturated carbocycles. The molecule has 0 bridgehead atoms. The van der Waals surface area contributed by atoms with Crippen LogP contribution in [-0.2, 0) is 10.0 Å².